The first-order valence-electron chi connectivity index (χ1n) is 6.18. The molecular weight excluding hydrogens is 214 g/mol. The summed E-state index contributed by atoms with van der Waals surface area (Å²) >= 11 is 0. The number of benzene rings is 1. The molecule has 1 aromatic heterocycles. The molecule has 3 nitrogen and oxygen atoms in total. The molecule has 0 fully saturated rings. The number of rotatable bonds is 7. The highest BCUT2D eigenvalue weighted by Gasteiger charge is 1.97. The van der Waals surface area contributed by atoms with E-state index in [-0.39, 0.29) is 0 Å². The van der Waals surface area contributed by atoms with Gasteiger partial charge in [0.05, 0.1) is 6.61 Å². The molecule has 0 aliphatic rings. The number of nitrogens with one attached hydrogen (secondary N) is 1. The van der Waals surface area contributed by atoms with Crippen LogP contribution in [0.15, 0.2) is 30.5 Å². The molecule has 1 N–H and O–H groups in total. The summed E-state index contributed by atoms with van der Waals surface area (Å²) in [4.78, 5) is 3.16. The van der Waals surface area contributed by atoms with Gasteiger partial charge in [-0.3, -0.25) is 0 Å². The molecular formula is C14H19NO2. The first-order valence-corrected chi connectivity index (χ1v) is 6.18. The molecule has 1 aromatic carbocycles. The number of ether oxygens (including phenoxy) is 2. The molecule has 17 heavy (non-hydrogen) atoms. The van der Waals surface area contributed by atoms with Crippen LogP contribution in [0.5, 0.6) is 5.75 Å². The van der Waals surface area contributed by atoms with E-state index in [2.05, 4.69) is 11.9 Å². The van der Waals surface area contributed by atoms with Crippen molar-refractivity contribution in [1.82, 2.24) is 4.98 Å². The summed E-state index contributed by atoms with van der Waals surface area (Å²) in [7, 11) is 0. The van der Waals surface area contributed by atoms with E-state index in [4.69, 9.17) is 9.47 Å². The second kappa shape index (κ2) is 6.30. The molecule has 0 saturated carbocycles. The molecule has 0 amide bonds. The molecule has 0 atom stereocenters. The highest BCUT2D eigenvalue weighted by Crippen LogP contribution is 2.19. The average molecular weight is 233 g/mol. The molecule has 2 rings (SSSR count). The van der Waals surface area contributed by atoms with Gasteiger partial charge in [0.15, 0.2) is 0 Å². The van der Waals surface area contributed by atoms with Crippen LogP contribution in [0.2, 0.25) is 0 Å². The lowest BCUT2D eigenvalue weighted by Crippen LogP contribution is -2.07. The Morgan fingerprint density at radius 2 is 2.06 bits per heavy atom. The Morgan fingerprint density at radius 3 is 2.94 bits per heavy atom. The van der Waals surface area contributed by atoms with E-state index in [1.807, 2.05) is 30.5 Å². The molecule has 3 heteroatoms. The van der Waals surface area contributed by atoms with Gasteiger partial charge in [0.25, 0.3) is 0 Å². The van der Waals surface area contributed by atoms with Crippen molar-refractivity contribution in [3.63, 3.8) is 0 Å². The first kappa shape index (κ1) is 12.0. The summed E-state index contributed by atoms with van der Waals surface area (Å²) < 4.78 is 11.1. The molecule has 0 unspecified atom stereocenters. The van der Waals surface area contributed by atoms with Crippen LogP contribution < -0.4 is 4.74 Å². The predicted molar refractivity (Wildman–Crippen MR) is 69.5 cm³/mol. The Hall–Kier alpha value is -1.48. The standard InChI is InChI=1S/C14H19NO2/c1-2-3-8-16-9-10-17-13-4-5-14-12(11-13)6-7-15-14/h4-7,11,15H,2-3,8-10H2,1H3. The smallest absolute Gasteiger partial charge is 0.120 e. The number of unbranched alkanes of at least 4 members (excludes halogenated alkanes) is 1. The Morgan fingerprint density at radius 1 is 1.12 bits per heavy atom. The fourth-order valence-corrected chi connectivity index (χ4v) is 1.69. The maximum absolute atomic E-state index is 5.62. The summed E-state index contributed by atoms with van der Waals surface area (Å²) in [5.41, 5.74) is 1.14. The van der Waals surface area contributed by atoms with Gasteiger partial charge in [0.2, 0.25) is 0 Å². The van der Waals surface area contributed by atoms with Crippen LogP contribution >= 0.6 is 0 Å². The van der Waals surface area contributed by atoms with E-state index >= 15 is 0 Å². The van der Waals surface area contributed by atoms with Crippen molar-refractivity contribution in [2.24, 2.45) is 0 Å². The van der Waals surface area contributed by atoms with Crippen LogP contribution in [0.1, 0.15) is 19.8 Å². The lowest BCUT2D eigenvalue weighted by Gasteiger charge is -2.06. The van der Waals surface area contributed by atoms with E-state index in [1.165, 1.54) is 11.8 Å². The van der Waals surface area contributed by atoms with E-state index < -0.39 is 0 Å². The van der Waals surface area contributed by atoms with Crippen molar-refractivity contribution in [3.8, 4) is 5.75 Å². The van der Waals surface area contributed by atoms with Gasteiger partial charge in [-0.25, -0.2) is 0 Å². The third-order valence-electron chi connectivity index (χ3n) is 2.66. The minimum Gasteiger partial charge on any atom is -0.491 e. The van der Waals surface area contributed by atoms with Crippen molar-refractivity contribution in [2.45, 2.75) is 19.8 Å². The zero-order chi connectivity index (χ0) is 11.9. The number of hydrogen-bond acceptors (Lipinski definition) is 2. The van der Waals surface area contributed by atoms with Gasteiger partial charge in [0.1, 0.15) is 12.4 Å². The molecule has 0 spiro atoms. The average Bonchev–Trinajstić information content (AvgIpc) is 2.81. The predicted octanol–water partition coefficient (Wildman–Crippen LogP) is 3.36. The topological polar surface area (TPSA) is 34.2 Å². The molecule has 0 aliphatic heterocycles. The van der Waals surface area contributed by atoms with Crippen LogP contribution in [0.25, 0.3) is 10.9 Å². The van der Waals surface area contributed by atoms with Gasteiger partial charge in [0, 0.05) is 23.7 Å². The van der Waals surface area contributed by atoms with Gasteiger partial charge in [-0.2, -0.15) is 0 Å². The van der Waals surface area contributed by atoms with Gasteiger partial charge in [-0.1, -0.05) is 13.3 Å². The number of H-pyrrole nitrogens is 1. The number of fused-ring (bicyclic) bond motifs is 1. The Balaban J connectivity index is 1.75. The van der Waals surface area contributed by atoms with Crippen molar-refractivity contribution in [3.05, 3.63) is 30.5 Å². The maximum Gasteiger partial charge on any atom is 0.120 e. The highest BCUT2D eigenvalue weighted by molar-refractivity contribution is 5.80. The number of aromatic nitrogens is 1. The largest absolute Gasteiger partial charge is 0.491 e. The van der Waals surface area contributed by atoms with Gasteiger partial charge < -0.3 is 14.5 Å². The molecule has 2 aromatic rings. The molecule has 0 bridgehead atoms. The Bertz CT molecular complexity index is 450. The van der Waals surface area contributed by atoms with Crippen molar-refractivity contribution >= 4 is 10.9 Å². The minimum atomic E-state index is 0.611. The lowest BCUT2D eigenvalue weighted by molar-refractivity contribution is 0.0981. The Kier molecular flexibility index (Phi) is 4.45. The van der Waals surface area contributed by atoms with Crippen LogP contribution in [0, 0.1) is 0 Å². The van der Waals surface area contributed by atoms with E-state index in [9.17, 15) is 0 Å². The molecule has 0 aliphatic carbocycles. The maximum atomic E-state index is 5.62. The minimum absolute atomic E-state index is 0.611. The molecule has 0 radical (unpaired) electrons. The second-order valence-corrected chi connectivity index (χ2v) is 4.04. The number of aromatic amines is 1. The summed E-state index contributed by atoms with van der Waals surface area (Å²) in [6.07, 6.45) is 4.22. The SMILES string of the molecule is CCCCOCCOc1ccc2[nH]ccc2c1. The summed E-state index contributed by atoms with van der Waals surface area (Å²) in [5.74, 6) is 0.899. The van der Waals surface area contributed by atoms with Crippen LogP contribution in [-0.4, -0.2) is 24.8 Å². The summed E-state index contributed by atoms with van der Waals surface area (Å²) in [6, 6.07) is 8.09. The fourth-order valence-electron chi connectivity index (χ4n) is 1.69. The number of hydrogen-bond donors (Lipinski definition) is 1. The van der Waals surface area contributed by atoms with E-state index in [0.29, 0.717) is 13.2 Å². The van der Waals surface area contributed by atoms with E-state index in [1.54, 1.807) is 0 Å². The van der Waals surface area contributed by atoms with Crippen LogP contribution in [-0.2, 0) is 4.74 Å². The van der Waals surface area contributed by atoms with Crippen LogP contribution in [0.3, 0.4) is 0 Å². The second-order valence-electron chi connectivity index (χ2n) is 4.04. The Labute approximate surface area is 102 Å². The van der Waals surface area contributed by atoms with Crippen molar-refractivity contribution in [2.75, 3.05) is 19.8 Å². The lowest BCUT2D eigenvalue weighted by atomic mass is 10.2. The van der Waals surface area contributed by atoms with Gasteiger partial charge in [-0.05, 0) is 30.7 Å². The summed E-state index contributed by atoms with van der Waals surface area (Å²) in [6.45, 7) is 4.26. The summed E-state index contributed by atoms with van der Waals surface area (Å²) in [5, 5.41) is 1.18. The first-order chi connectivity index (χ1) is 8.40. The van der Waals surface area contributed by atoms with Gasteiger partial charge in [-0.15, -0.1) is 0 Å². The zero-order valence-corrected chi connectivity index (χ0v) is 10.2. The van der Waals surface area contributed by atoms with E-state index in [0.717, 1.165) is 24.3 Å². The normalized spacial score (nSPS) is 10.9. The third-order valence-corrected chi connectivity index (χ3v) is 2.66. The van der Waals surface area contributed by atoms with Crippen molar-refractivity contribution in [1.29, 1.82) is 0 Å². The van der Waals surface area contributed by atoms with Gasteiger partial charge >= 0.3 is 0 Å². The monoisotopic (exact) mass is 233 g/mol. The fraction of sp³-hybridized carbons (Fsp3) is 0.429. The van der Waals surface area contributed by atoms with Crippen molar-refractivity contribution < 1.29 is 9.47 Å². The highest BCUT2D eigenvalue weighted by atomic mass is 16.5. The molecule has 92 valence electrons. The van der Waals surface area contributed by atoms with Crippen LogP contribution in [0.4, 0.5) is 0 Å². The molecule has 0 saturated heterocycles. The molecule has 1 heterocycles. The third kappa shape index (κ3) is 3.49. The zero-order valence-electron chi connectivity index (χ0n) is 10.2. The quantitative estimate of drug-likeness (QED) is 0.744.